The molecule has 0 heterocycles. The molecular weight excluding hydrogens is 380 g/mol. The summed E-state index contributed by atoms with van der Waals surface area (Å²) in [4.78, 5) is 0. The second-order valence-corrected chi connectivity index (χ2v) is 6.50. The van der Waals surface area contributed by atoms with Gasteiger partial charge in [-0.05, 0) is 27.7 Å². The molecule has 0 aromatic heterocycles. The van der Waals surface area contributed by atoms with Crippen molar-refractivity contribution in [2.24, 2.45) is 5.41 Å². The van der Waals surface area contributed by atoms with Crippen LogP contribution in [0.4, 0.5) is 0 Å². The quantitative estimate of drug-likeness (QED) is 0.218. The topological polar surface area (TPSA) is 73.8 Å². The van der Waals surface area contributed by atoms with Gasteiger partial charge in [-0.1, -0.05) is 0 Å². The van der Waals surface area contributed by atoms with Gasteiger partial charge >= 0.3 is 0 Å². The van der Waals surface area contributed by atoms with Gasteiger partial charge in [0.05, 0.1) is 84.7 Å². The highest BCUT2D eigenvalue weighted by Gasteiger charge is 2.32. The van der Waals surface area contributed by atoms with Crippen molar-refractivity contribution in [2.45, 2.75) is 27.7 Å². The molecule has 8 heteroatoms. The molecule has 0 unspecified atom stereocenters. The van der Waals surface area contributed by atoms with Gasteiger partial charge in [-0.3, -0.25) is 0 Å². The molecule has 0 aliphatic carbocycles. The highest BCUT2D eigenvalue weighted by atomic mass is 16.6. The van der Waals surface area contributed by atoms with Crippen LogP contribution in [-0.2, 0) is 37.9 Å². The standard InChI is InChI=1S/C21H44O8/c1-5-22-9-13-26-17-21(18-27-14-10-23-6-2,19-28-15-11-24-7-3)20-29-16-12-25-8-4/h5-20H2,1-4H3. The fourth-order valence-electron chi connectivity index (χ4n) is 2.45. The first-order chi connectivity index (χ1) is 14.2. The minimum atomic E-state index is -0.420. The monoisotopic (exact) mass is 424 g/mol. The van der Waals surface area contributed by atoms with Gasteiger partial charge in [0.1, 0.15) is 0 Å². The third-order valence-corrected chi connectivity index (χ3v) is 3.94. The van der Waals surface area contributed by atoms with Crippen molar-refractivity contribution in [2.75, 3.05) is 106 Å². The van der Waals surface area contributed by atoms with Gasteiger partial charge in [-0.2, -0.15) is 0 Å². The molecule has 0 aromatic rings. The molecule has 0 amide bonds. The summed E-state index contributed by atoms with van der Waals surface area (Å²) in [5.41, 5.74) is -0.420. The molecule has 0 saturated heterocycles. The van der Waals surface area contributed by atoms with E-state index in [1.165, 1.54) is 0 Å². The van der Waals surface area contributed by atoms with E-state index in [1.54, 1.807) is 0 Å². The first-order valence-electron chi connectivity index (χ1n) is 10.9. The van der Waals surface area contributed by atoms with Gasteiger partial charge in [0.2, 0.25) is 0 Å². The summed E-state index contributed by atoms with van der Waals surface area (Å²) in [5, 5.41) is 0. The van der Waals surface area contributed by atoms with Gasteiger partial charge in [0.25, 0.3) is 0 Å². The normalized spacial score (nSPS) is 12.0. The first kappa shape index (κ1) is 28.7. The average molecular weight is 425 g/mol. The molecule has 0 radical (unpaired) electrons. The summed E-state index contributed by atoms with van der Waals surface area (Å²) in [7, 11) is 0. The minimum Gasteiger partial charge on any atom is -0.379 e. The van der Waals surface area contributed by atoms with Crippen LogP contribution >= 0.6 is 0 Å². The number of ether oxygens (including phenoxy) is 8. The predicted octanol–water partition coefficient (Wildman–Crippen LogP) is 2.19. The fourth-order valence-corrected chi connectivity index (χ4v) is 2.45. The van der Waals surface area contributed by atoms with Crippen molar-refractivity contribution in [1.29, 1.82) is 0 Å². The van der Waals surface area contributed by atoms with Crippen molar-refractivity contribution < 1.29 is 37.9 Å². The maximum absolute atomic E-state index is 5.88. The molecule has 8 nitrogen and oxygen atoms in total. The molecule has 0 rings (SSSR count). The van der Waals surface area contributed by atoms with Gasteiger partial charge in [-0.25, -0.2) is 0 Å². The second kappa shape index (κ2) is 22.4. The van der Waals surface area contributed by atoms with Crippen LogP contribution in [0.1, 0.15) is 27.7 Å². The van der Waals surface area contributed by atoms with E-state index >= 15 is 0 Å². The minimum absolute atomic E-state index is 0.420. The lowest BCUT2D eigenvalue weighted by atomic mass is 9.92. The van der Waals surface area contributed by atoms with E-state index < -0.39 is 5.41 Å². The van der Waals surface area contributed by atoms with E-state index in [-0.39, 0.29) is 0 Å². The Labute approximate surface area is 177 Å². The molecule has 0 aromatic carbocycles. The molecule has 0 bridgehead atoms. The van der Waals surface area contributed by atoms with E-state index in [2.05, 4.69) is 0 Å². The Morgan fingerprint density at radius 3 is 0.759 bits per heavy atom. The Kier molecular flexibility index (Phi) is 22.1. The van der Waals surface area contributed by atoms with Gasteiger partial charge < -0.3 is 37.9 Å². The third-order valence-electron chi connectivity index (χ3n) is 3.94. The van der Waals surface area contributed by atoms with Crippen LogP contribution < -0.4 is 0 Å². The summed E-state index contributed by atoms with van der Waals surface area (Å²) in [6, 6.07) is 0. The van der Waals surface area contributed by atoms with Gasteiger partial charge in [0.15, 0.2) is 0 Å². The Bertz CT molecular complexity index is 256. The molecule has 0 fully saturated rings. The highest BCUT2D eigenvalue weighted by molar-refractivity contribution is 4.79. The SMILES string of the molecule is CCOCCOCC(COCCOCC)(COCCOCC)COCCOCC. The van der Waals surface area contributed by atoms with Gasteiger partial charge in [0, 0.05) is 26.4 Å². The van der Waals surface area contributed by atoms with Gasteiger partial charge in [-0.15, -0.1) is 0 Å². The van der Waals surface area contributed by atoms with Crippen LogP contribution in [0.25, 0.3) is 0 Å². The highest BCUT2D eigenvalue weighted by Crippen LogP contribution is 2.21. The summed E-state index contributed by atoms with van der Waals surface area (Å²) in [6.45, 7) is 16.7. The van der Waals surface area contributed by atoms with E-state index in [4.69, 9.17) is 37.9 Å². The lowest BCUT2D eigenvalue weighted by Crippen LogP contribution is -2.42. The zero-order valence-corrected chi connectivity index (χ0v) is 19.1. The third kappa shape index (κ3) is 18.2. The maximum atomic E-state index is 5.88. The summed E-state index contributed by atoms with van der Waals surface area (Å²) < 4.78 is 44.9. The summed E-state index contributed by atoms with van der Waals surface area (Å²) in [6.07, 6.45) is 0. The van der Waals surface area contributed by atoms with Crippen molar-refractivity contribution in [3.8, 4) is 0 Å². The number of hydrogen-bond donors (Lipinski definition) is 0. The number of rotatable bonds is 24. The van der Waals surface area contributed by atoms with Crippen LogP contribution in [-0.4, -0.2) is 106 Å². The molecule has 0 N–H and O–H groups in total. The number of hydrogen-bond acceptors (Lipinski definition) is 8. The Morgan fingerprint density at radius 1 is 0.345 bits per heavy atom. The average Bonchev–Trinajstić information content (AvgIpc) is 2.73. The van der Waals surface area contributed by atoms with E-state index in [0.29, 0.717) is 106 Å². The van der Waals surface area contributed by atoms with E-state index in [9.17, 15) is 0 Å². The molecular formula is C21H44O8. The largest absolute Gasteiger partial charge is 0.379 e. The molecule has 176 valence electrons. The fraction of sp³-hybridized carbons (Fsp3) is 1.00. The molecule has 0 aliphatic rings. The van der Waals surface area contributed by atoms with Crippen LogP contribution in [0.3, 0.4) is 0 Å². The summed E-state index contributed by atoms with van der Waals surface area (Å²) in [5.74, 6) is 0. The molecule has 0 spiro atoms. The van der Waals surface area contributed by atoms with Crippen molar-refractivity contribution in [1.82, 2.24) is 0 Å². The Morgan fingerprint density at radius 2 is 0.552 bits per heavy atom. The molecule has 0 aliphatic heterocycles. The second-order valence-electron chi connectivity index (χ2n) is 6.50. The van der Waals surface area contributed by atoms with Crippen molar-refractivity contribution >= 4 is 0 Å². The Balaban J connectivity index is 4.69. The smallest absolute Gasteiger partial charge is 0.0700 e. The molecule has 0 saturated carbocycles. The van der Waals surface area contributed by atoms with Crippen LogP contribution in [0.15, 0.2) is 0 Å². The van der Waals surface area contributed by atoms with Crippen LogP contribution in [0.5, 0.6) is 0 Å². The lowest BCUT2D eigenvalue weighted by molar-refractivity contribution is -0.120. The molecule has 29 heavy (non-hydrogen) atoms. The van der Waals surface area contributed by atoms with Crippen LogP contribution in [0, 0.1) is 5.41 Å². The maximum Gasteiger partial charge on any atom is 0.0700 e. The predicted molar refractivity (Wildman–Crippen MR) is 112 cm³/mol. The van der Waals surface area contributed by atoms with Crippen LogP contribution in [0.2, 0.25) is 0 Å². The lowest BCUT2D eigenvalue weighted by Gasteiger charge is -2.33. The van der Waals surface area contributed by atoms with Crippen molar-refractivity contribution in [3.05, 3.63) is 0 Å². The van der Waals surface area contributed by atoms with Crippen molar-refractivity contribution in [3.63, 3.8) is 0 Å². The van der Waals surface area contributed by atoms with E-state index in [0.717, 1.165) is 0 Å². The zero-order valence-electron chi connectivity index (χ0n) is 19.1. The zero-order chi connectivity index (χ0) is 21.5. The first-order valence-corrected chi connectivity index (χ1v) is 10.9. The summed E-state index contributed by atoms with van der Waals surface area (Å²) >= 11 is 0. The molecule has 0 atom stereocenters. The Hall–Kier alpha value is -0.320. The van der Waals surface area contributed by atoms with E-state index in [1.807, 2.05) is 27.7 Å².